The maximum Gasteiger partial charge on any atom is 0.124 e. The van der Waals surface area contributed by atoms with Gasteiger partial charge in [0.25, 0.3) is 0 Å². The highest BCUT2D eigenvalue weighted by Crippen LogP contribution is 2.41. The Morgan fingerprint density at radius 3 is 1.88 bits per heavy atom. The van der Waals surface area contributed by atoms with E-state index in [9.17, 15) is 4.39 Å². The first-order valence-corrected chi connectivity index (χ1v) is 8.53. The molecule has 134 valence electrons. The van der Waals surface area contributed by atoms with Crippen LogP contribution in [0.1, 0.15) is 26.3 Å². The van der Waals surface area contributed by atoms with E-state index in [2.05, 4.69) is 20.8 Å². The smallest absolute Gasteiger partial charge is 0.124 e. The quantitative estimate of drug-likeness (QED) is 0.556. The van der Waals surface area contributed by atoms with Gasteiger partial charge in [0.05, 0.1) is 0 Å². The van der Waals surface area contributed by atoms with Gasteiger partial charge in [0.2, 0.25) is 0 Å². The average molecular weight is 349 g/mol. The summed E-state index contributed by atoms with van der Waals surface area (Å²) in [6, 6.07) is 15.9. The minimum atomic E-state index is -0.381. The molecule has 0 saturated carbocycles. The summed E-state index contributed by atoms with van der Waals surface area (Å²) in [6.45, 7) is 6.36. The zero-order chi connectivity index (χ0) is 19.1. The number of rotatable bonds is 2. The highest BCUT2D eigenvalue weighted by atomic mass is 19.1. The van der Waals surface area contributed by atoms with Crippen molar-refractivity contribution in [1.29, 1.82) is 0 Å². The molecule has 4 heteroatoms. The third-order valence-electron chi connectivity index (χ3n) is 4.61. The van der Waals surface area contributed by atoms with Gasteiger partial charge in [-0.15, -0.1) is 0 Å². The zero-order valence-corrected chi connectivity index (χ0v) is 15.3. The molecular formula is C22H24FN3. The lowest BCUT2D eigenvalue weighted by molar-refractivity contribution is 0.590. The highest BCUT2D eigenvalue weighted by molar-refractivity contribution is 5.95. The topological polar surface area (TPSA) is 78.1 Å². The lowest BCUT2D eigenvalue weighted by Crippen LogP contribution is -2.11. The van der Waals surface area contributed by atoms with Crippen LogP contribution in [0.5, 0.6) is 0 Å². The van der Waals surface area contributed by atoms with Gasteiger partial charge >= 0.3 is 0 Å². The van der Waals surface area contributed by atoms with Crippen LogP contribution in [-0.4, -0.2) is 0 Å². The van der Waals surface area contributed by atoms with E-state index in [1.54, 1.807) is 6.07 Å². The summed E-state index contributed by atoms with van der Waals surface area (Å²) < 4.78 is 14.4. The van der Waals surface area contributed by atoms with Crippen LogP contribution in [0.3, 0.4) is 0 Å². The summed E-state index contributed by atoms with van der Waals surface area (Å²) in [7, 11) is 0. The van der Waals surface area contributed by atoms with Gasteiger partial charge in [-0.1, -0.05) is 45.0 Å². The number of anilines is 3. The van der Waals surface area contributed by atoms with Crippen molar-refractivity contribution < 1.29 is 4.39 Å². The molecule has 0 amide bonds. The maximum absolute atomic E-state index is 14.4. The summed E-state index contributed by atoms with van der Waals surface area (Å²) in [5.74, 6) is -0.381. The number of para-hydroxylation sites is 1. The van der Waals surface area contributed by atoms with Crippen LogP contribution >= 0.6 is 0 Å². The van der Waals surface area contributed by atoms with Gasteiger partial charge < -0.3 is 17.2 Å². The Labute approximate surface area is 153 Å². The number of halogens is 1. The van der Waals surface area contributed by atoms with Gasteiger partial charge in [-0.2, -0.15) is 0 Å². The molecule has 0 radical (unpaired) electrons. The van der Waals surface area contributed by atoms with Crippen LogP contribution in [0.25, 0.3) is 22.3 Å². The molecule has 0 aliphatic heterocycles. The molecule has 3 aromatic rings. The van der Waals surface area contributed by atoms with Crippen LogP contribution in [-0.2, 0) is 5.41 Å². The lowest BCUT2D eigenvalue weighted by Gasteiger charge is -2.22. The van der Waals surface area contributed by atoms with E-state index in [0.29, 0.717) is 33.8 Å². The number of hydrogen-bond donors (Lipinski definition) is 3. The SMILES string of the molecule is CC(C)(C)c1ccc(N)c(-c2cc(F)cc(-c3ccccc3N)c2N)c1. The molecule has 3 aromatic carbocycles. The Balaban J connectivity index is 2.27. The lowest BCUT2D eigenvalue weighted by atomic mass is 9.84. The van der Waals surface area contributed by atoms with E-state index in [1.807, 2.05) is 36.4 Å². The molecule has 0 heterocycles. The second-order valence-electron chi connectivity index (χ2n) is 7.55. The number of nitrogen functional groups attached to an aromatic ring is 3. The fourth-order valence-electron chi connectivity index (χ4n) is 3.06. The third-order valence-corrected chi connectivity index (χ3v) is 4.61. The fraction of sp³-hybridized carbons (Fsp3) is 0.182. The Morgan fingerprint density at radius 2 is 1.27 bits per heavy atom. The Bertz CT molecular complexity index is 972. The molecule has 0 spiro atoms. The molecule has 0 fully saturated rings. The molecular weight excluding hydrogens is 325 g/mol. The molecule has 3 rings (SSSR count). The summed E-state index contributed by atoms with van der Waals surface area (Å²) in [4.78, 5) is 0. The van der Waals surface area contributed by atoms with Crippen LogP contribution in [0.2, 0.25) is 0 Å². The van der Waals surface area contributed by atoms with Crippen LogP contribution < -0.4 is 17.2 Å². The van der Waals surface area contributed by atoms with Gasteiger partial charge in [0.1, 0.15) is 5.82 Å². The van der Waals surface area contributed by atoms with E-state index >= 15 is 0 Å². The highest BCUT2D eigenvalue weighted by Gasteiger charge is 2.19. The fourth-order valence-corrected chi connectivity index (χ4v) is 3.06. The first-order valence-electron chi connectivity index (χ1n) is 8.53. The first kappa shape index (κ1) is 17.8. The minimum Gasteiger partial charge on any atom is -0.398 e. The van der Waals surface area contributed by atoms with Crippen molar-refractivity contribution in [2.75, 3.05) is 17.2 Å². The van der Waals surface area contributed by atoms with E-state index in [1.165, 1.54) is 12.1 Å². The van der Waals surface area contributed by atoms with Crippen molar-refractivity contribution in [1.82, 2.24) is 0 Å². The zero-order valence-electron chi connectivity index (χ0n) is 15.3. The summed E-state index contributed by atoms with van der Waals surface area (Å²) in [5, 5.41) is 0. The van der Waals surface area contributed by atoms with Crippen molar-refractivity contribution in [3.8, 4) is 22.3 Å². The van der Waals surface area contributed by atoms with E-state index in [0.717, 1.165) is 11.1 Å². The third kappa shape index (κ3) is 3.23. The maximum atomic E-state index is 14.4. The first-order chi connectivity index (χ1) is 12.2. The predicted octanol–water partition coefficient (Wildman–Crippen LogP) is 5.20. The molecule has 0 saturated heterocycles. The molecule has 0 atom stereocenters. The molecule has 26 heavy (non-hydrogen) atoms. The molecule has 0 unspecified atom stereocenters. The monoisotopic (exact) mass is 349 g/mol. The summed E-state index contributed by atoms with van der Waals surface area (Å²) in [6.07, 6.45) is 0. The Kier molecular flexibility index (Phi) is 4.36. The van der Waals surface area contributed by atoms with Crippen molar-refractivity contribution >= 4 is 17.1 Å². The van der Waals surface area contributed by atoms with Crippen molar-refractivity contribution in [3.05, 3.63) is 66.0 Å². The molecule has 6 N–H and O–H groups in total. The van der Waals surface area contributed by atoms with Gasteiger partial charge in [-0.25, -0.2) is 4.39 Å². The van der Waals surface area contributed by atoms with Gasteiger partial charge in [0, 0.05) is 39.3 Å². The average Bonchev–Trinajstić information content (AvgIpc) is 2.57. The standard InChI is InChI=1S/C22H24FN3/c1-22(2,3)13-8-9-20(25)16(10-13)18-12-14(23)11-17(21(18)26)15-6-4-5-7-19(15)24/h4-12H,24-26H2,1-3H3. The number of benzene rings is 3. The van der Waals surface area contributed by atoms with E-state index in [4.69, 9.17) is 17.2 Å². The molecule has 0 bridgehead atoms. The van der Waals surface area contributed by atoms with Gasteiger partial charge in [-0.05, 0) is 41.3 Å². The van der Waals surface area contributed by atoms with Crippen LogP contribution in [0.4, 0.5) is 21.5 Å². The van der Waals surface area contributed by atoms with Crippen LogP contribution in [0, 0.1) is 5.82 Å². The number of nitrogens with two attached hydrogens (primary N) is 3. The van der Waals surface area contributed by atoms with Crippen LogP contribution in [0.15, 0.2) is 54.6 Å². The van der Waals surface area contributed by atoms with Crippen molar-refractivity contribution in [2.24, 2.45) is 0 Å². The predicted molar refractivity (Wildman–Crippen MR) is 109 cm³/mol. The Hall–Kier alpha value is -3.01. The molecule has 0 aromatic heterocycles. The van der Waals surface area contributed by atoms with Gasteiger partial charge in [0.15, 0.2) is 0 Å². The summed E-state index contributed by atoms with van der Waals surface area (Å²) >= 11 is 0. The van der Waals surface area contributed by atoms with E-state index in [-0.39, 0.29) is 11.2 Å². The molecule has 0 aliphatic carbocycles. The Morgan fingerprint density at radius 1 is 0.692 bits per heavy atom. The second-order valence-corrected chi connectivity index (χ2v) is 7.55. The molecule has 0 aliphatic rings. The largest absolute Gasteiger partial charge is 0.398 e. The minimum absolute atomic E-state index is 0.0583. The van der Waals surface area contributed by atoms with Gasteiger partial charge in [-0.3, -0.25) is 0 Å². The van der Waals surface area contributed by atoms with Crippen molar-refractivity contribution in [3.63, 3.8) is 0 Å². The second kappa shape index (κ2) is 6.37. The van der Waals surface area contributed by atoms with Crippen molar-refractivity contribution in [2.45, 2.75) is 26.2 Å². The molecule has 3 nitrogen and oxygen atoms in total. The van der Waals surface area contributed by atoms with E-state index < -0.39 is 0 Å². The summed E-state index contributed by atoms with van der Waals surface area (Å²) in [5.41, 5.74) is 23.9. The number of hydrogen-bond acceptors (Lipinski definition) is 3. The normalized spacial score (nSPS) is 11.5.